The number of anilines is 1. The van der Waals surface area contributed by atoms with Crippen molar-refractivity contribution in [1.29, 1.82) is 0 Å². The quantitative estimate of drug-likeness (QED) is 0.664. The van der Waals surface area contributed by atoms with Gasteiger partial charge in [-0.15, -0.1) is 0 Å². The van der Waals surface area contributed by atoms with Crippen LogP contribution in [0.4, 0.5) is 5.69 Å². The van der Waals surface area contributed by atoms with E-state index in [2.05, 4.69) is 14.9 Å². The smallest absolute Gasteiger partial charge is 0.257 e. The molecule has 3 aromatic rings. The molecule has 2 aromatic heterocycles. The van der Waals surface area contributed by atoms with Gasteiger partial charge in [0.05, 0.1) is 42.7 Å². The lowest BCUT2D eigenvalue weighted by Crippen LogP contribution is -2.14. The maximum atomic E-state index is 12.9. The number of halogens is 1. The molecule has 3 rings (SSSR count). The molecule has 146 valence electrons. The largest absolute Gasteiger partial charge is 0.495 e. The van der Waals surface area contributed by atoms with Crippen LogP contribution in [-0.2, 0) is 6.54 Å². The van der Waals surface area contributed by atoms with Crippen LogP contribution in [0.1, 0.15) is 27.4 Å². The number of rotatable bonds is 6. The first-order chi connectivity index (χ1) is 13.4. The summed E-state index contributed by atoms with van der Waals surface area (Å²) in [4.78, 5) is 17.3. The lowest BCUT2D eigenvalue weighted by atomic mass is 10.2. The molecule has 0 aliphatic rings. The number of aryl methyl sites for hydroxylation is 1. The van der Waals surface area contributed by atoms with Crippen LogP contribution in [-0.4, -0.2) is 29.7 Å². The van der Waals surface area contributed by atoms with Crippen molar-refractivity contribution in [2.75, 3.05) is 19.5 Å². The molecular formula is C21H22ClN3O3. The zero-order valence-corrected chi connectivity index (χ0v) is 17.0. The number of pyridine rings is 1. The Morgan fingerprint density at radius 2 is 1.89 bits per heavy atom. The third kappa shape index (κ3) is 3.97. The van der Waals surface area contributed by atoms with Crippen molar-refractivity contribution in [3.05, 3.63) is 70.3 Å². The molecule has 0 aliphatic heterocycles. The summed E-state index contributed by atoms with van der Waals surface area (Å²) in [7, 11) is 3.05. The van der Waals surface area contributed by atoms with Gasteiger partial charge in [-0.25, -0.2) is 0 Å². The van der Waals surface area contributed by atoms with Gasteiger partial charge in [-0.1, -0.05) is 17.7 Å². The van der Waals surface area contributed by atoms with Gasteiger partial charge >= 0.3 is 0 Å². The van der Waals surface area contributed by atoms with Crippen molar-refractivity contribution in [2.45, 2.75) is 20.4 Å². The highest BCUT2D eigenvalue weighted by Crippen LogP contribution is 2.36. The number of hydrogen-bond acceptors (Lipinski definition) is 4. The van der Waals surface area contributed by atoms with Crippen LogP contribution >= 0.6 is 11.6 Å². The van der Waals surface area contributed by atoms with Gasteiger partial charge < -0.3 is 19.4 Å². The lowest BCUT2D eigenvalue weighted by molar-refractivity contribution is 0.102. The van der Waals surface area contributed by atoms with Crippen LogP contribution in [0.25, 0.3) is 0 Å². The number of methoxy groups -OCH3 is 2. The summed E-state index contributed by atoms with van der Waals surface area (Å²) in [5, 5.41) is 3.27. The van der Waals surface area contributed by atoms with E-state index in [1.54, 1.807) is 18.3 Å². The number of benzene rings is 1. The number of amides is 1. The topological polar surface area (TPSA) is 65.4 Å². The Morgan fingerprint density at radius 1 is 1.14 bits per heavy atom. The molecule has 1 aromatic carbocycles. The minimum Gasteiger partial charge on any atom is -0.495 e. The molecule has 6 nitrogen and oxygen atoms in total. The van der Waals surface area contributed by atoms with E-state index >= 15 is 0 Å². The first-order valence-corrected chi connectivity index (χ1v) is 9.12. The molecule has 2 heterocycles. The summed E-state index contributed by atoms with van der Waals surface area (Å²) in [5.41, 5.74) is 3.84. The molecule has 1 N–H and O–H groups in total. The molecular weight excluding hydrogens is 378 g/mol. The third-order valence-electron chi connectivity index (χ3n) is 4.59. The van der Waals surface area contributed by atoms with Crippen LogP contribution in [0.5, 0.6) is 11.5 Å². The standard InChI is InChI=1S/C21H22ClN3O3/c1-13-9-16(14(2)25(13)12-15-7-5-6-8-23-15)21(26)24-18-10-17(22)19(27-3)11-20(18)28-4/h5-11H,12H2,1-4H3,(H,24,26). The Kier molecular flexibility index (Phi) is 5.90. The van der Waals surface area contributed by atoms with Gasteiger partial charge in [0.15, 0.2) is 0 Å². The van der Waals surface area contributed by atoms with Crippen LogP contribution in [0.3, 0.4) is 0 Å². The molecule has 0 saturated heterocycles. The van der Waals surface area contributed by atoms with E-state index in [-0.39, 0.29) is 5.91 Å². The first-order valence-electron chi connectivity index (χ1n) is 8.74. The average molecular weight is 400 g/mol. The van der Waals surface area contributed by atoms with Gasteiger partial charge in [-0.05, 0) is 38.1 Å². The van der Waals surface area contributed by atoms with Crippen LogP contribution < -0.4 is 14.8 Å². The lowest BCUT2D eigenvalue weighted by Gasteiger charge is -2.13. The Morgan fingerprint density at radius 3 is 2.54 bits per heavy atom. The summed E-state index contributed by atoms with van der Waals surface area (Å²) in [5.74, 6) is 0.710. The summed E-state index contributed by atoms with van der Waals surface area (Å²) in [6.07, 6.45) is 1.76. The van der Waals surface area contributed by atoms with Gasteiger partial charge in [0.2, 0.25) is 0 Å². The molecule has 7 heteroatoms. The average Bonchev–Trinajstić information content (AvgIpc) is 2.97. The van der Waals surface area contributed by atoms with Crippen molar-refractivity contribution < 1.29 is 14.3 Å². The van der Waals surface area contributed by atoms with Gasteiger partial charge in [0.25, 0.3) is 5.91 Å². The van der Waals surface area contributed by atoms with E-state index in [0.29, 0.717) is 34.3 Å². The molecule has 0 bridgehead atoms. The second-order valence-corrected chi connectivity index (χ2v) is 6.74. The van der Waals surface area contributed by atoms with Crippen molar-refractivity contribution in [1.82, 2.24) is 9.55 Å². The molecule has 0 fully saturated rings. The second kappa shape index (κ2) is 8.35. The van der Waals surface area contributed by atoms with E-state index in [9.17, 15) is 4.79 Å². The van der Waals surface area contributed by atoms with Crippen molar-refractivity contribution in [2.24, 2.45) is 0 Å². The number of ether oxygens (including phenoxy) is 2. The van der Waals surface area contributed by atoms with Crippen molar-refractivity contribution >= 4 is 23.2 Å². The van der Waals surface area contributed by atoms with Crippen LogP contribution in [0, 0.1) is 13.8 Å². The van der Waals surface area contributed by atoms with Gasteiger partial charge in [0.1, 0.15) is 11.5 Å². The van der Waals surface area contributed by atoms with E-state index in [1.807, 2.05) is 38.1 Å². The number of aromatic nitrogens is 2. The van der Waals surface area contributed by atoms with Crippen molar-refractivity contribution in [3.8, 4) is 11.5 Å². The number of nitrogens with zero attached hydrogens (tertiary/aromatic N) is 2. The highest BCUT2D eigenvalue weighted by atomic mass is 35.5. The van der Waals surface area contributed by atoms with E-state index in [0.717, 1.165) is 17.1 Å². The molecule has 28 heavy (non-hydrogen) atoms. The third-order valence-corrected chi connectivity index (χ3v) is 4.88. The fraction of sp³-hybridized carbons (Fsp3) is 0.238. The molecule has 0 unspecified atom stereocenters. The number of nitrogens with one attached hydrogen (secondary N) is 1. The molecule has 0 atom stereocenters. The van der Waals surface area contributed by atoms with Crippen LogP contribution in [0.2, 0.25) is 5.02 Å². The second-order valence-electron chi connectivity index (χ2n) is 6.33. The Labute approximate surface area is 169 Å². The van der Waals surface area contributed by atoms with Crippen molar-refractivity contribution in [3.63, 3.8) is 0 Å². The monoisotopic (exact) mass is 399 g/mol. The van der Waals surface area contributed by atoms with Gasteiger partial charge in [0, 0.05) is 23.7 Å². The Hall–Kier alpha value is -2.99. The molecule has 0 spiro atoms. The van der Waals surface area contributed by atoms with Gasteiger partial charge in [-0.3, -0.25) is 9.78 Å². The first kappa shape index (κ1) is 19.8. The summed E-state index contributed by atoms with van der Waals surface area (Å²) < 4.78 is 12.6. The number of hydrogen-bond donors (Lipinski definition) is 1. The fourth-order valence-electron chi connectivity index (χ4n) is 3.08. The SMILES string of the molecule is COc1cc(OC)c(NC(=O)c2cc(C)n(Cc3ccccn3)c2C)cc1Cl. The minimum atomic E-state index is -0.236. The predicted molar refractivity (Wildman–Crippen MR) is 110 cm³/mol. The Bertz CT molecular complexity index is 1000. The van der Waals surface area contributed by atoms with Gasteiger partial charge in [-0.2, -0.15) is 0 Å². The minimum absolute atomic E-state index is 0.236. The Balaban J connectivity index is 1.88. The van der Waals surface area contributed by atoms with E-state index < -0.39 is 0 Å². The summed E-state index contributed by atoms with van der Waals surface area (Å²) in [6.45, 7) is 4.49. The van der Waals surface area contributed by atoms with E-state index in [4.69, 9.17) is 21.1 Å². The summed E-state index contributed by atoms with van der Waals surface area (Å²) >= 11 is 6.20. The normalized spacial score (nSPS) is 10.6. The fourth-order valence-corrected chi connectivity index (χ4v) is 3.32. The molecule has 0 radical (unpaired) electrons. The highest BCUT2D eigenvalue weighted by Gasteiger charge is 2.19. The zero-order chi connectivity index (χ0) is 20.3. The number of carbonyl (C=O) groups is 1. The molecule has 0 saturated carbocycles. The number of carbonyl (C=O) groups excluding carboxylic acids is 1. The maximum Gasteiger partial charge on any atom is 0.257 e. The highest BCUT2D eigenvalue weighted by molar-refractivity contribution is 6.32. The predicted octanol–water partition coefficient (Wildman–Crippen LogP) is 4.47. The maximum absolute atomic E-state index is 12.9. The van der Waals surface area contributed by atoms with E-state index in [1.165, 1.54) is 14.2 Å². The molecule has 0 aliphatic carbocycles. The zero-order valence-electron chi connectivity index (χ0n) is 16.2. The summed E-state index contributed by atoms with van der Waals surface area (Å²) in [6, 6.07) is 10.9. The van der Waals surface area contributed by atoms with Crippen LogP contribution in [0.15, 0.2) is 42.6 Å². The molecule has 1 amide bonds.